The van der Waals surface area contributed by atoms with Crippen LogP contribution in [0.1, 0.15) is 11.4 Å². The molecule has 2 aromatic heterocycles. The first-order chi connectivity index (χ1) is 11.2. The van der Waals surface area contributed by atoms with E-state index in [1.807, 2.05) is 42.1 Å². The molecular weight excluding hydrogens is 330 g/mol. The molecular formula is C15H17N5OS2. The van der Waals surface area contributed by atoms with Gasteiger partial charge < -0.3 is 9.88 Å². The Bertz CT molecular complexity index is 798. The van der Waals surface area contributed by atoms with Gasteiger partial charge in [0.25, 0.3) is 0 Å². The van der Waals surface area contributed by atoms with Crippen molar-refractivity contribution in [2.75, 3.05) is 12.3 Å². The minimum Gasteiger partial charge on any atom is -0.354 e. The zero-order chi connectivity index (χ0) is 16.1. The van der Waals surface area contributed by atoms with Gasteiger partial charge in [-0.1, -0.05) is 12.1 Å². The summed E-state index contributed by atoms with van der Waals surface area (Å²) < 4.78 is 10.4. The molecule has 0 spiro atoms. The van der Waals surface area contributed by atoms with Gasteiger partial charge in [0.2, 0.25) is 5.91 Å². The lowest BCUT2D eigenvalue weighted by Gasteiger charge is -2.06. The Balaban J connectivity index is 1.40. The summed E-state index contributed by atoms with van der Waals surface area (Å²) in [5.41, 5.74) is 3.98. The van der Waals surface area contributed by atoms with E-state index in [0.717, 1.165) is 28.2 Å². The minimum atomic E-state index is 0.0419. The Hall–Kier alpha value is -1.93. The van der Waals surface area contributed by atoms with Crippen LogP contribution >= 0.6 is 23.5 Å². The Morgan fingerprint density at radius 2 is 2.22 bits per heavy atom. The summed E-state index contributed by atoms with van der Waals surface area (Å²) in [6.07, 6.45) is 1.81. The molecule has 0 aliphatic rings. The fourth-order valence-corrected chi connectivity index (χ4v) is 3.68. The number of amides is 1. The van der Waals surface area contributed by atoms with Crippen LogP contribution in [0.25, 0.3) is 11.0 Å². The third-order valence-electron chi connectivity index (χ3n) is 3.42. The standard InChI is InChI=1S/C15H17N5OS2/c1-11-13(19-23-18-11)8-22-9-15(21)16-6-7-20-10-17-12-4-2-3-5-14(12)20/h2-5,10H,6-9H2,1H3,(H,16,21). The first kappa shape index (κ1) is 15.9. The number of thioether (sulfide) groups is 1. The fraction of sp³-hybridized carbons (Fsp3) is 0.333. The van der Waals surface area contributed by atoms with Crippen molar-refractivity contribution < 1.29 is 4.79 Å². The molecule has 0 fully saturated rings. The number of hydrogen-bond donors (Lipinski definition) is 1. The van der Waals surface area contributed by atoms with Gasteiger partial charge in [-0.3, -0.25) is 4.79 Å². The number of nitrogens with one attached hydrogen (secondary N) is 1. The van der Waals surface area contributed by atoms with Gasteiger partial charge in [-0.15, -0.1) is 11.8 Å². The van der Waals surface area contributed by atoms with Crippen LogP contribution in [-0.4, -0.2) is 36.5 Å². The van der Waals surface area contributed by atoms with E-state index in [1.165, 1.54) is 11.7 Å². The average molecular weight is 347 g/mol. The number of nitrogens with zero attached hydrogens (tertiary/aromatic N) is 4. The van der Waals surface area contributed by atoms with Crippen molar-refractivity contribution in [2.24, 2.45) is 0 Å². The summed E-state index contributed by atoms with van der Waals surface area (Å²) in [6, 6.07) is 7.98. The molecule has 0 radical (unpaired) electrons. The predicted octanol–water partition coefficient (Wildman–Crippen LogP) is 2.25. The largest absolute Gasteiger partial charge is 0.354 e. The van der Waals surface area contributed by atoms with Crippen molar-refractivity contribution in [2.45, 2.75) is 19.2 Å². The summed E-state index contributed by atoms with van der Waals surface area (Å²) in [5, 5.41) is 2.94. The lowest BCUT2D eigenvalue weighted by atomic mass is 10.3. The molecule has 0 bridgehead atoms. The Labute approximate surface area is 142 Å². The van der Waals surface area contributed by atoms with Gasteiger partial charge in [-0.05, 0) is 19.1 Å². The third-order valence-corrected chi connectivity index (χ3v) is 5.02. The average Bonchev–Trinajstić information content (AvgIpc) is 3.15. The molecule has 120 valence electrons. The molecule has 1 amide bonds. The van der Waals surface area contributed by atoms with Crippen LogP contribution in [0.4, 0.5) is 0 Å². The van der Waals surface area contributed by atoms with E-state index in [-0.39, 0.29) is 5.91 Å². The molecule has 2 heterocycles. The maximum atomic E-state index is 11.9. The van der Waals surface area contributed by atoms with Gasteiger partial charge in [-0.25, -0.2) is 4.98 Å². The number of fused-ring (bicyclic) bond motifs is 1. The highest BCUT2D eigenvalue weighted by Gasteiger charge is 2.06. The summed E-state index contributed by atoms with van der Waals surface area (Å²) in [7, 11) is 0. The van der Waals surface area contributed by atoms with E-state index in [9.17, 15) is 4.79 Å². The van der Waals surface area contributed by atoms with Gasteiger partial charge >= 0.3 is 0 Å². The van der Waals surface area contributed by atoms with Gasteiger partial charge in [0.05, 0.1) is 46.2 Å². The quantitative estimate of drug-likeness (QED) is 0.710. The predicted molar refractivity (Wildman–Crippen MR) is 93.6 cm³/mol. The molecule has 3 aromatic rings. The Morgan fingerprint density at radius 1 is 1.35 bits per heavy atom. The summed E-state index contributed by atoms with van der Waals surface area (Å²) >= 11 is 2.77. The van der Waals surface area contributed by atoms with Crippen LogP contribution in [-0.2, 0) is 17.1 Å². The topological polar surface area (TPSA) is 72.7 Å². The van der Waals surface area contributed by atoms with Crippen molar-refractivity contribution in [1.82, 2.24) is 23.6 Å². The molecule has 0 atom stereocenters. The lowest BCUT2D eigenvalue weighted by Crippen LogP contribution is -2.28. The number of para-hydroxylation sites is 2. The Kier molecular flexibility index (Phi) is 5.24. The third kappa shape index (κ3) is 4.08. The van der Waals surface area contributed by atoms with E-state index in [1.54, 1.807) is 11.8 Å². The Morgan fingerprint density at radius 3 is 3.04 bits per heavy atom. The summed E-state index contributed by atoms with van der Waals surface area (Å²) in [4.78, 5) is 16.2. The zero-order valence-corrected chi connectivity index (χ0v) is 14.4. The normalized spacial score (nSPS) is 11.0. The maximum absolute atomic E-state index is 11.9. The number of aryl methyl sites for hydroxylation is 1. The SMILES string of the molecule is Cc1nsnc1CSCC(=O)NCCn1cnc2ccccc21. The van der Waals surface area contributed by atoms with Crippen LogP contribution in [0.15, 0.2) is 30.6 Å². The molecule has 0 saturated carbocycles. The van der Waals surface area contributed by atoms with Crippen LogP contribution in [0, 0.1) is 6.92 Å². The van der Waals surface area contributed by atoms with Crippen LogP contribution in [0.5, 0.6) is 0 Å². The van der Waals surface area contributed by atoms with Crippen molar-refractivity contribution in [3.8, 4) is 0 Å². The number of aromatic nitrogens is 4. The highest BCUT2D eigenvalue weighted by atomic mass is 32.2. The van der Waals surface area contributed by atoms with Crippen LogP contribution in [0.3, 0.4) is 0 Å². The van der Waals surface area contributed by atoms with Gasteiger partial charge in [-0.2, -0.15) is 8.75 Å². The molecule has 23 heavy (non-hydrogen) atoms. The van der Waals surface area contributed by atoms with Gasteiger partial charge in [0.1, 0.15) is 0 Å². The van der Waals surface area contributed by atoms with Crippen LogP contribution in [0.2, 0.25) is 0 Å². The number of carbonyl (C=O) groups is 1. The van der Waals surface area contributed by atoms with Gasteiger partial charge in [0.15, 0.2) is 0 Å². The van der Waals surface area contributed by atoms with E-state index in [2.05, 4.69) is 19.0 Å². The fourth-order valence-electron chi connectivity index (χ4n) is 2.18. The number of carbonyl (C=O) groups excluding carboxylic acids is 1. The molecule has 0 aliphatic carbocycles. The second-order valence-electron chi connectivity index (χ2n) is 5.07. The highest BCUT2D eigenvalue weighted by Crippen LogP contribution is 2.14. The molecule has 0 saturated heterocycles. The van der Waals surface area contributed by atoms with Crippen LogP contribution < -0.4 is 5.32 Å². The summed E-state index contributed by atoms with van der Waals surface area (Å²) in [5.74, 6) is 1.20. The lowest BCUT2D eigenvalue weighted by molar-refractivity contribution is -0.118. The number of rotatable bonds is 7. The smallest absolute Gasteiger partial charge is 0.230 e. The van der Waals surface area contributed by atoms with E-state index >= 15 is 0 Å². The molecule has 3 rings (SSSR count). The van der Waals surface area contributed by atoms with Gasteiger partial charge in [0, 0.05) is 18.8 Å². The number of imidazole rings is 1. The summed E-state index contributed by atoms with van der Waals surface area (Å²) in [6.45, 7) is 3.25. The first-order valence-electron chi connectivity index (χ1n) is 7.26. The molecule has 1 aromatic carbocycles. The monoisotopic (exact) mass is 347 g/mol. The maximum Gasteiger partial charge on any atom is 0.230 e. The van der Waals surface area contributed by atoms with E-state index in [4.69, 9.17) is 0 Å². The zero-order valence-electron chi connectivity index (χ0n) is 12.7. The van der Waals surface area contributed by atoms with Crippen molar-refractivity contribution >= 4 is 40.4 Å². The van der Waals surface area contributed by atoms with E-state index < -0.39 is 0 Å². The molecule has 1 N–H and O–H groups in total. The molecule has 6 nitrogen and oxygen atoms in total. The molecule has 8 heteroatoms. The van der Waals surface area contributed by atoms with Crippen molar-refractivity contribution in [3.63, 3.8) is 0 Å². The second kappa shape index (κ2) is 7.56. The number of benzene rings is 1. The minimum absolute atomic E-state index is 0.0419. The highest BCUT2D eigenvalue weighted by molar-refractivity contribution is 7.99. The van der Waals surface area contributed by atoms with E-state index in [0.29, 0.717) is 18.8 Å². The first-order valence-corrected chi connectivity index (χ1v) is 9.15. The van der Waals surface area contributed by atoms with Crippen molar-refractivity contribution in [3.05, 3.63) is 42.0 Å². The van der Waals surface area contributed by atoms with Crippen molar-refractivity contribution in [1.29, 1.82) is 0 Å². The number of hydrogen-bond acceptors (Lipinski definition) is 6. The molecule has 0 unspecified atom stereocenters. The molecule has 0 aliphatic heterocycles. The second-order valence-corrected chi connectivity index (χ2v) is 6.58.